The Morgan fingerprint density at radius 1 is 1.26 bits per heavy atom. The third-order valence-corrected chi connectivity index (χ3v) is 6.43. The summed E-state index contributed by atoms with van der Waals surface area (Å²) >= 11 is 1.53. The number of benzene rings is 1. The van der Waals surface area contributed by atoms with Gasteiger partial charge in [-0.1, -0.05) is 18.2 Å². The van der Waals surface area contributed by atoms with Gasteiger partial charge in [-0.2, -0.15) is 24.9 Å². The lowest BCUT2D eigenvalue weighted by Crippen LogP contribution is -2.49. The lowest BCUT2D eigenvalue weighted by Gasteiger charge is -2.31. The second-order valence-corrected chi connectivity index (χ2v) is 9.60. The number of carbonyl (C=O) groups is 4. The Hall–Kier alpha value is -3.04. The average molecular weight is 581 g/mol. The van der Waals surface area contributed by atoms with Crippen molar-refractivity contribution in [3.63, 3.8) is 0 Å². The Balaban J connectivity index is 0.000000956. The zero-order valence-corrected chi connectivity index (χ0v) is 22.6. The molecule has 15 heteroatoms. The lowest BCUT2D eigenvalue weighted by atomic mass is 10.1. The molecule has 1 aromatic carbocycles. The van der Waals surface area contributed by atoms with Gasteiger partial charge in [0.25, 0.3) is 0 Å². The van der Waals surface area contributed by atoms with Crippen LogP contribution in [0, 0.1) is 0 Å². The van der Waals surface area contributed by atoms with Crippen LogP contribution in [0.4, 0.5) is 13.2 Å². The van der Waals surface area contributed by atoms with Crippen molar-refractivity contribution in [1.82, 2.24) is 15.1 Å². The van der Waals surface area contributed by atoms with E-state index in [-0.39, 0.29) is 30.9 Å². The van der Waals surface area contributed by atoms with E-state index in [1.807, 2.05) is 35.4 Å². The van der Waals surface area contributed by atoms with Crippen LogP contribution in [0.1, 0.15) is 24.8 Å². The summed E-state index contributed by atoms with van der Waals surface area (Å²) in [5.74, 6) is -2.91. The van der Waals surface area contributed by atoms with Gasteiger partial charge in [-0.15, -0.1) is 0 Å². The number of nitrogens with zero attached hydrogens (tertiary/aromatic N) is 2. The molecule has 2 atom stereocenters. The number of rotatable bonds is 13. The second-order valence-electron chi connectivity index (χ2n) is 8.61. The molecule has 1 aromatic rings. The molecule has 0 spiro atoms. The molecule has 1 fully saturated rings. The van der Waals surface area contributed by atoms with Gasteiger partial charge >= 0.3 is 18.1 Å². The van der Waals surface area contributed by atoms with Gasteiger partial charge in [-0.3, -0.25) is 14.5 Å². The van der Waals surface area contributed by atoms with Gasteiger partial charge in [-0.25, -0.2) is 9.59 Å². The Labute approximate surface area is 228 Å². The van der Waals surface area contributed by atoms with Crippen molar-refractivity contribution in [3.8, 4) is 5.75 Å². The van der Waals surface area contributed by atoms with Crippen LogP contribution in [0.3, 0.4) is 0 Å². The van der Waals surface area contributed by atoms with E-state index in [0.717, 1.165) is 18.4 Å². The molecule has 39 heavy (non-hydrogen) atoms. The van der Waals surface area contributed by atoms with Crippen LogP contribution in [0.25, 0.3) is 0 Å². The van der Waals surface area contributed by atoms with Gasteiger partial charge in [0, 0.05) is 31.2 Å². The number of nitrogens with two attached hydrogens (primary N) is 1. The fraction of sp³-hybridized carbons (Fsp3) is 0.583. The van der Waals surface area contributed by atoms with E-state index in [2.05, 4.69) is 5.32 Å². The summed E-state index contributed by atoms with van der Waals surface area (Å²) in [6.45, 7) is 1.55. The van der Waals surface area contributed by atoms with Crippen LogP contribution < -0.4 is 15.8 Å². The van der Waals surface area contributed by atoms with Gasteiger partial charge in [0.15, 0.2) is 0 Å². The van der Waals surface area contributed by atoms with Gasteiger partial charge < -0.3 is 30.9 Å². The highest BCUT2D eigenvalue weighted by Gasteiger charge is 2.38. The molecule has 0 saturated carbocycles. The van der Waals surface area contributed by atoms with E-state index in [1.54, 1.807) is 12.0 Å². The smallest absolute Gasteiger partial charge is 0.490 e. The minimum atomic E-state index is -5.08. The molecule has 1 saturated heterocycles. The fourth-order valence-electron chi connectivity index (χ4n) is 3.96. The maximum atomic E-state index is 12.8. The predicted molar refractivity (Wildman–Crippen MR) is 138 cm³/mol. The van der Waals surface area contributed by atoms with Crippen molar-refractivity contribution in [2.45, 2.75) is 44.1 Å². The Bertz CT molecular complexity index is 968. The SMILES string of the molecule is COc1ccccc1CN(CC(=O)NC(CCSC)C(=O)O)C[C@@H]1CCCN1C(=O)CN.O=C(O)C(F)(F)F. The van der Waals surface area contributed by atoms with Crippen LogP contribution in [0.5, 0.6) is 5.75 Å². The molecule has 1 heterocycles. The molecule has 1 unspecified atom stereocenters. The van der Waals surface area contributed by atoms with Crippen LogP contribution in [0.2, 0.25) is 0 Å². The number of methoxy groups -OCH3 is 1. The number of carbonyl (C=O) groups excluding carboxylic acids is 2. The number of amides is 2. The first-order valence-electron chi connectivity index (χ1n) is 12.0. The van der Waals surface area contributed by atoms with Crippen LogP contribution >= 0.6 is 11.8 Å². The fourth-order valence-corrected chi connectivity index (χ4v) is 4.44. The summed E-state index contributed by atoms with van der Waals surface area (Å²) in [5, 5.41) is 19.2. The molecule has 11 nitrogen and oxygen atoms in total. The zero-order valence-electron chi connectivity index (χ0n) is 21.8. The molecule has 5 N–H and O–H groups in total. The van der Waals surface area contributed by atoms with Crippen molar-refractivity contribution < 1.29 is 47.3 Å². The third-order valence-electron chi connectivity index (χ3n) is 5.78. The number of alkyl halides is 3. The van der Waals surface area contributed by atoms with Crippen molar-refractivity contribution in [2.24, 2.45) is 5.73 Å². The molecule has 2 amide bonds. The summed E-state index contributed by atoms with van der Waals surface area (Å²) in [4.78, 5) is 49.1. The number of hydrogen-bond donors (Lipinski definition) is 4. The molecule has 0 bridgehead atoms. The van der Waals surface area contributed by atoms with E-state index in [4.69, 9.17) is 20.4 Å². The molecule has 0 aromatic heterocycles. The van der Waals surface area contributed by atoms with Crippen molar-refractivity contribution in [1.29, 1.82) is 0 Å². The molecule has 0 radical (unpaired) electrons. The minimum Gasteiger partial charge on any atom is -0.496 e. The number of carboxylic acid groups (broad SMARTS) is 2. The van der Waals surface area contributed by atoms with E-state index < -0.39 is 24.2 Å². The Kier molecular flexibility index (Phi) is 14.7. The van der Waals surface area contributed by atoms with Crippen molar-refractivity contribution in [3.05, 3.63) is 29.8 Å². The zero-order chi connectivity index (χ0) is 29.6. The van der Waals surface area contributed by atoms with Crippen LogP contribution in [0.15, 0.2) is 24.3 Å². The van der Waals surface area contributed by atoms with E-state index in [1.165, 1.54) is 11.8 Å². The van der Waals surface area contributed by atoms with Gasteiger partial charge in [-0.05, 0) is 37.3 Å². The maximum Gasteiger partial charge on any atom is 0.490 e. The number of hydrogen-bond acceptors (Lipinski definition) is 8. The predicted octanol–water partition coefficient (Wildman–Crippen LogP) is 1.40. The number of ether oxygens (including phenoxy) is 1. The second kappa shape index (κ2) is 16.8. The molecule has 1 aliphatic heterocycles. The van der Waals surface area contributed by atoms with Gasteiger partial charge in [0.2, 0.25) is 11.8 Å². The molecule has 220 valence electrons. The summed E-state index contributed by atoms with van der Waals surface area (Å²) in [6, 6.07) is 6.60. The first-order chi connectivity index (χ1) is 18.3. The Morgan fingerprint density at radius 3 is 2.44 bits per heavy atom. The Morgan fingerprint density at radius 2 is 1.90 bits per heavy atom. The number of aliphatic carboxylic acids is 2. The van der Waals surface area contributed by atoms with Crippen LogP contribution in [-0.2, 0) is 25.7 Å². The lowest BCUT2D eigenvalue weighted by molar-refractivity contribution is -0.192. The number of halogens is 3. The average Bonchev–Trinajstić information content (AvgIpc) is 3.34. The van der Waals surface area contributed by atoms with E-state index in [0.29, 0.717) is 37.6 Å². The largest absolute Gasteiger partial charge is 0.496 e. The number of likely N-dealkylation sites (tertiary alicyclic amines) is 1. The van der Waals surface area contributed by atoms with E-state index in [9.17, 15) is 32.7 Å². The molecular formula is C24H35F3N4O7S. The molecular weight excluding hydrogens is 545 g/mol. The molecule has 0 aliphatic carbocycles. The summed E-state index contributed by atoms with van der Waals surface area (Å²) in [5.41, 5.74) is 6.48. The first kappa shape index (κ1) is 34.0. The molecule has 1 aliphatic rings. The van der Waals surface area contributed by atoms with Crippen LogP contribution in [-0.4, -0.2) is 107 Å². The van der Waals surface area contributed by atoms with Gasteiger partial charge in [0.1, 0.15) is 11.8 Å². The monoisotopic (exact) mass is 580 g/mol. The third kappa shape index (κ3) is 12.1. The quantitative estimate of drug-likeness (QED) is 0.268. The summed E-state index contributed by atoms with van der Waals surface area (Å²) < 4.78 is 37.2. The number of nitrogens with one attached hydrogen (secondary N) is 1. The topological polar surface area (TPSA) is 162 Å². The highest BCUT2D eigenvalue weighted by atomic mass is 32.2. The summed E-state index contributed by atoms with van der Waals surface area (Å²) in [6.07, 6.45) is -1.11. The standard InChI is InChI=1S/C22H34N4O5S.C2HF3O2/c1-31-19-8-4-3-6-16(19)13-25(14-17-7-5-10-26(17)21(28)12-23)15-20(27)24-18(22(29)30)9-11-32-2;3-2(4,5)1(6)7/h3-4,6,8,17-18H,5,7,9-15,23H2,1-2H3,(H,24,27)(H,29,30);(H,6,7)/t17-,18?;/m0./s1. The van der Waals surface area contributed by atoms with Crippen molar-refractivity contribution >= 4 is 35.5 Å². The normalized spacial score (nSPS) is 15.8. The number of thioether (sulfide) groups is 1. The highest BCUT2D eigenvalue weighted by molar-refractivity contribution is 7.98. The number of para-hydroxylation sites is 1. The molecule has 2 rings (SSSR count). The maximum absolute atomic E-state index is 12.8. The first-order valence-corrected chi connectivity index (χ1v) is 13.4. The minimum absolute atomic E-state index is 0.0161. The highest BCUT2D eigenvalue weighted by Crippen LogP contribution is 2.22. The van der Waals surface area contributed by atoms with E-state index >= 15 is 0 Å². The van der Waals surface area contributed by atoms with Crippen molar-refractivity contribution in [2.75, 3.05) is 45.3 Å². The van der Waals surface area contributed by atoms with Gasteiger partial charge in [0.05, 0.1) is 20.2 Å². The number of carboxylic acids is 2. The summed E-state index contributed by atoms with van der Waals surface area (Å²) in [7, 11) is 1.59.